The van der Waals surface area contributed by atoms with Gasteiger partial charge < -0.3 is 16.4 Å². The molecule has 4 N–H and O–H groups in total. The van der Waals surface area contributed by atoms with Crippen LogP contribution in [0.2, 0.25) is 5.02 Å². The Morgan fingerprint density at radius 1 is 1.32 bits per heavy atom. The summed E-state index contributed by atoms with van der Waals surface area (Å²) in [7, 11) is 0. The summed E-state index contributed by atoms with van der Waals surface area (Å²) in [5, 5.41) is 0.231. The minimum atomic E-state index is -0.601. The summed E-state index contributed by atoms with van der Waals surface area (Å²) in [6, 6.07) is 4.40. The van der Waals surface area contributed by atoms with Crippen LogP contribution < -0.4 is 16.4 Å². The van der Waals surface area contributed by atoms with Crippen molar-refractivity contribution in [2.24, 2.45) is 17.4 Å². The fourth-order valence-corrected chi connectivity index (χ4v) is 2.29. The molecule has 1 atom stereocenters. The van der Waals surface area contributed by atoms with Crippen LogP contribution >= 0.6 is 11.6 Å². The molecule has 0 unspecified atom stereocenters. The molecule has 0 spiro atoms. The van der Waals surface area contributed by atoms with Crippen LogP contribution in [0.1, 0.15) is 16.8 Å². The van der Waals surface area contributed by atoms with Crippen molar-refractivity contribution in [1.82, 2.24) is 0 Å². The van der Waals surface area contributed by atoms with Crippen molar-refractivity contribution in [2.45, 2.75) is 6.42 Å². The Kier molecular flexibility index (Phi) is 3.44. The number of halogens is 1. The lowest BCUT2D eigenvalue weighted by molar-refractivity contribution is -0.123. The second-order valence-electron chi connectivity index (χ2n) is 4.34. The van der Waals surface area contributed by atoms with Gasteiger partial charge in [-0.1, -0.05) is 11.6 Å². The van der Waals surface area contributed by atoms with E-state index in [1.54, 1.807) is 0 Å². The van der Waals surface area contributed by atoms with E-state index >= 15 is 0 Å². The standard InChI is InChI=1S/C12H12ClN3O3/c13-8-3-6(11(14)18)1-2-9(8)16-5-7(12(15)19)4-10(16)17/h1-3,7H,4-5H2,(H2,14,18)(H2,15,19)/t7-/m1/s1. The average molecular weight is 282 g/mol. The van der Waals surface area contributed by atoms with E-state index in [2.05, 4.69) is 0 Å². The van der Waals surface area contributed by atoms with Gasteiger partial charge >= 0.3 is 0 Å². The van der Waals surface area contributed by atoms with Gasteiger partial charge in [-0.05, 0) is 18.2 Å². The quantitative estimate of drug-likeness (QED) is 0.831. The van der Waals surface area contributed by atoms with Gasteiger partial charge in [0.05, 0.1) is 16.6 Å². The molecule has 0 saturated carbocycles. The van der Waals surface area contributed by atoms with Crippen LogP contribution in [-0.2, 0) is 9.59 Å². The van der Waals surface area contributed by atoms with Gasteiger partial charge in [-0.25, -0.2) is 0 Å². The highest BCUT2D eigenvalue weighted by Gasteiger charge is 2.34. The lowest BCUT2D eigenvalue weighted by atomic mass is 10.1. The number of hydrogen-bond acceptors (Lipinski definition) is 3. The second kappa shape index (κ2) is 4.89. The largest absolute Gasteiger partial charge is 0.369 e. The molecule has 0 bridgehead atoms. The van der Waals surface area contributed by atoms with Crippen molar-refractivity contribution in [1.29, 1.82) is 0 Å². The molecule has 7 heteroatoms. The number of rotatable bonds is 3. The number of benzene rings is 1. The van der Waals surface area contributed by atoms with E-state index in [1.807, 2.05) is 0 Å². The molecule has 0 radical (unpaired) electrons. The number of carbonyl (C=O) groups excluding carboxylic acids is 3. The normalized spacial score (nSPS) is 18.7. The summed E-state index contributed by atoms with van der Waals surface area (Å²) in [6.45, 7) is 0.198. The Balaban J connectivity index is 2.30. The first-order valence-corrected chi connectivity index (χ1v) is 5.97. The zero-order valence-electron chi connectivity index (χ0n) is 9.93. The van der Waals surface area contributed by atoms with E-state index in [4.69, 9.17) is 23.1 Å². The Hall–Kier alpha value is -2.08. The summed E-state index contributed by atoms with van der Waals surface area (Å²) in [5.74, 6) is -1.85. The fraction of sp³-hybridized carbons (Fsp3) is 0.250. The molecular formula is C12H12ClN3O3. The third-order valence-corrected chi connectivity index (χ3v) is 3.35. The molecule has 0 aromatic heterocycles. The van der Waals surface area contributed by atoms with E-state index < -0.39 is 17.7 Å². The van der Waals surface area contributed by atoms with Crippen molar-refractivity contribution in [2.75, 3.05) is 11.4 Å². The first kappa shape index (κ1) is 13.4. The van der Waals surface area contributed by atoms with Gasteiger partial charge in [0, 0.05) is 18.5 Å². The van der Waals surface area contributed by atoms with Crippen LogP contribution in [0.5, 0.6) is 0 Å². The van der Waals surface area contributed by atoms with Crippen molar-refractivity contribution < 1.29 is 14.4 Å². The number of anilines is 1. The van der Waals surface area contributed by atoms with Gasteiger partial charge in [-0.15, -0.1) is 0 Å². The molecule has 1 aromatic carbocycles. The lowest BCUT2D eigenvalue weighted by Crippen LogP contribution is -2.28. The van der Waals surface area contributed by atoms with Crippen LogP contribution in [0.4, 0.5) is 5.69 Å². The topological polar surface area (TPSA) is 106 Å². The van der Waals surface area contributed by atoms with Crippen molar-refractivity contribution in [3.63, 3.8) is 0 Å². The lowest BCUT2D eigenvalue weighted by Gasteiger charge is -2.18. The van der Waals surface area contributed by atoms with Gasteiger partial charge in [-0.3, -0.25) is 14.4 Å². The molecule has 6 nitrogen and oxygen atoms in total. The van der Waals surface area contributed by atoms with Crippen molar-refractivity contribution in [3.8, 4) is 0 Å². The molecule has 3 amide bonds. The number of nitrogens with two attached hydrogens (primary N) is 2. The van der Waals surface area contributed by atoms with Gasteiger partial charge in [0.1, 0.15) is 0 Å². The van der Waals surface area contributed by atoms with Crippen LogP contribution in [0.3, 0.4) is 0 Å². The van der Waals surface area contributed by atoms with Crippen LogP contribution in [0.25, 0.3) is 0 Å². The van der Waals surface area contributed by atoms with Crippen LogP contribution in [-0.4, -0.2) is 24.3 Å². The zero-order chi connectivity index (χ0) is 14.2. The average Bonchev–Trinajstić information content (AvgIpc) is 2.71. The molecule has 1 saturated heterocycles. The van der Waals surface area contributed by atoms with Crippen LogP contribution in [0.15, 0.2) is 18.2 Å². The summed E-state index contributed by atoms with van der Waals surface area (Å²) in [4.78, 5) is 35.3. The van der Waals surface area contributed by atoms with E-state index in [-0.39, 0.29) is 29.5 Å². The van der Waals surface area contributed by atoms with E-state index in [1.165, 1.54) is 23.1 Å². The fourth-order valence-electron chi connectivity index (χ4n) is 2.01. The zero-order valence-corrected chi connectivity index (χ0v) is 10.7. The minimum Gasteiger partial charge on any atom is -0.369 e. The van der Waals surface area contributed by atoms with Gasteiger partial charge in [-0.2, -0.15) is 0 Å². The minimum absolute atomic E-state index is 0.0727. The molecule has 1 heterocycles. The van der Waals surface area contributed by atoms with Crippen LogP contribution in [0, 0.1) is 5.92 Å². The molecule has 2 rings (SSSR count). The third-order valence-electron chi connectivity index (χ3n) is 3.05. The highest BCUT2D eigenvalue weighted by Crippen LogP contribution is 2.31. The smallest absolute Gasteiger partial charge is 0.248 e. The molecule has 1 aliphatic rings. The Labute approximate surface area is 114 Å². The molecular weight excluding hydrogens is 270 g/mol. The van der Waals surface area contributed by atoms with E-state index in [0.29, 0.717) is 5.69 Å². The summed E-state index contributed by atoms with van der Waals surface area (Å²) in [5.41, 5.74) is 11.0. The van der Waals surface area contributed by atoms with Crippen molar-refractivity contribution >= 4 is 35.0 Å². The third kappa shape index (κ3) is 2.53. The highest BCUT2D eigenvalue weighted by atomic mass is 35.5. The maximum Gasteiger partial charge on any atom is 0.248 e. The first-order valence-electron chi connectivity index (χ1n) is 5.59. The van der Waals surface area contributed by atoms with Crippen molar-refractivity contribution in [3.05, 3.63) is 28.8 Å². The number of primary amides is 2. The molecule has 1 fully saturated rings. The summed E-state index contributed by atoms with van der Waals surface area (Å²) in [6.07, 6.45) is 0.0727. The van der Waals surface area contributed by atoms with Gasteiger partial charge in [0.25, 0.3) is 0 Å². The number of amides is 3. The number of hydrogen-bond donors (Lipinski definition) is 2. The molecule has 19 heavy (non-hydrogen) atoms. The summed E-state index contributed by atoms with van der Waals surface area (Å²) >= 11 is 6.03. The monoisotopic (exact) mass is 281 g/mol. The first-order chi connectivity index (χ1) is 8.90. The maximum atomic E-state index is 11.8. The molecule has 1 aliphatic heterocycles. The number of carbonyl (C=O) groups is 3. The highest BCUT2D eigenvalue weighted by molar-refractivity contribution is 6.34. The molecule has 100 valence electrons. The predicted octanol–water partition coefficient (Wildman–Crippen LogP) is 0.277. The Morgan fingerprint density at radius 3 is 2.47 bits per heavy atom. The van der Waals surface area contributed by atoms with E-state index in [0.717, 1.165) is 0 Å². The maximum absolute atomic E-state index is 11.8. The number of nitrogens with zero attached hydrogens (tertiary/aromatic N) is 1. The molecule has 1 aromatic rings. The Bertz CT molecular complexity index is 573. The van der Waals surface area contributed by atoms with Gasteiger partial charge in [0.15, 0.2) is 0 Å². The predicted molar refractivity (Wildman–Crippen MR) is 69.6 cm³/mol. The SMILES string of the molecule is NC(=O)c1ccc(N2C[C@H](C(N)=O)CC2=O)c(Cl)c1. The van der Waals surface area contributed by atoms with E-state index in [9.17, 15) is 14.4 Å². The molecule has 0 aliphatic carbocycles. The Morgan fingerprint density at radius 2 is 2.00 bits per heavy atom. The summed E-state index contributed by atoms with van der Waals surface area (Å²) < 4.78 is 0. The second-order valence-corrected chi connectivity index (χ2v) is 4.75. The van der Waals surface area contributed by atoms with Gasteiger partial charge in [0.2, 0.25) is 17.7 Å².